The van der Waals surface area contributed by atoms with E-state index in [4.69, 9.17) is 9.47 Å². The van der Waals surface area contributed by atoms with Gasteiger partial charge in [-0.05, 0) is 17.7 Å². The van der Waals surface area contributed by atoms with Gasteiger partial charge in [-0.25, -0.2) is 5.01 Å². The lowest BCUT2D eigenvalue weighted by molar-refractivity contribution is -0.129. The van der Waals surface area contributed by atoms with Gasteiger partial charge < -0.3 is 9.47 Å². The van der Waals surface area contributed by atoms with Crippen LogP contribution in [-0.2, 0) is 16.1 Å². The van der Waals surface area contributed by atoms with Gasteiger partial charge in [0.25, 0.3) is 5.91 Å². The SMILES string of the molecule is COc1ccc(COCC(=O)NN(C)C)cc1. The number of benzene rings is 1. The third-order valence-corrected chi connectivity index (χ3v) is 2.01. The highest BCUT2D eigenvalue weighted by Crippen LogP contribution is 2.11. The summed E-state index contributed by atoms with van der Waals surface area (Å²) < 4.78 is 10.3. The van der Waals surface area contributed by atoms with Crippen LogP contribution in [0.15, 0.2) is 24.3 Å². The molecule has 94 valence electrons. The molecule has 0 heterocycles. The number of hydrogen-bond acceptors (Lipinski definition) is 4. The minimum absolute atomic E-state index is 0.0458. The second-order valence-corrected chi connectivity index (χ2v) is 3.77. The van der Waals surface area contributed by atoms with Gasteiger partial charge in [0.2, 0.25) is 0 Å². The van der Waals surface area contributed by atoms with Crippen LogP contribution in [0.25, 0.3) is 0 Å². The van der Waals surface area contributed by atoms with E-state index in [1.54, 1.807) is 26.2 Å². The number of nitrogens with one attached hydrogen (secondary N) is 1. The predicted molar refractivity (Wildman–Crippen MR) is 64.5 cm³/mol. The van der Waals surface area contributed by atoms with Gasteiger partial charge in [0.1, 0.15) is 12.4 Å². The predicted octanol–water partition coefficient (Wildman–Crippen LogP) is 0.805. The maximum Gasteiger partial charge on any atom is 0.260 e. The van der Waals surface area contributed by atoms with Gasteiger partial charge >= 0.3 is 0 Å². The first-order valence-corrected chi connectivity index (χ1v) is 5.29. The van der Waals surface area contributed by atoms with Crippen molar-refractivity contribution in [1.29, 1.82) is 0 Å². The first-order valence-electron chi connectivity index (χ1n) is 5.29. The van der Waals surface area contributed by atoms with Crippen LogP contribution in [0.3, 0.4) is 0 Å². The monoisotopic (exact) mass is 238 g/mol. The summed E-state index contributed by atoms with van der Waals surface area (Å²) in [5, 5.41) is 1.58. The third kappa shape index (κ3) is 5.33. The second kappa shape index (κ2) is 6.88. The lowest BCUT2D eigenvalue weighted by Crippen LogP contribution is -2.38. The third-order valence-electron chi connectivity index (χ3n) is 2.01. The van der Waals surface area contributed by atoms with E-state index in [0.29, 0.717) is 6.61 Å². The molecule has 0 radical (unpaired) electrons. The van der Waals surface area contributed by atoms with E-state index in [1.165, 1.54) is 0 Å². The highest BCUT2D eigenvalue weighted by molar-refractivity contribution is 5.76. The fraction of sp³-hybridized carbons (Fsp3) is 0.417. The molecule has 17 heavy (non-hydrogen) atoms. The van der Waals surface area contributed by atoms with Crippen molar-refractivity contribution in [2.24, 2.45) is 0 Å². The van der Waals surface area contributed by atoms with Gasteiger partial charge in [0, 0.05) is 14.1 Å². The molecule has 1 rings (SSSR count). The Balaban J connectivity index is 2.28. The Morgan fingerprint density at radius 3 is 2.47 bits per heavy atom. The minimum Gasteiger partial charge on any atom is -0.497 e. The number of carbonyl (C=O) groups is 1. The molecular formula is C12H18N2O3. The molecule has 0 aliphatic carbocycles. The molecule has 1 amide bonds. The van der Waals surface area contributed by atoms with Gasteiger partial charge in [-0.2, -0.15) is 0 Å². The van der Waals surface area contributed by atoms with Crippen LogP contribution in [0.4, 0.5) is 0 Å². The molecule has 0 unspecified atom stereocenters. The average Bonchev–Trinajstić information content (AvgIpc) is 2.29. The fourth-order valence-corrected chi connectivity index (χ4v) is 1.27. The Kier molecular flexibility index (Phi) is 5.45. The van der Waals surface area contributed by atoms with Crippen LogP contribution in [0.5, 0.6) is 5.75 Å². The standard InChI is InChI=1S/C12H18N2O3/c1-14(2)13-12(15)9-17-8-10-4-6-11(16-3)7-5-10/h4-7H,8-9H2,1-3H3,(H,13,15). The Morgan fingerprint density at radius 2 is 1.94 bits per heavy atom. The number of carbonyl (C=O) groups excluding carboxylic acids is 1. The summed E-state index contributed by atoms with van der Waals surface area (Å²) in [4.78, 5) is 11.2. The summed E-state index contributed by atoms with van der Waals surface area (Å²) in [6.07, 6.45) is 0. The molecule has 0 aromatic heterocycles. The summed E-state index contributed by atoms with van der Waals surface area (Å²) in [7, 11) is 5.12. The summed E-state index contributed by atoms with van der Waals surface area (Å²) in [5.74, 6) is 0.641. The average molecular weight is 238 g/mol. The van der Waals surface area contributed by atoms with E-state index < -0.39 is 0 Å². The van der Waals surface area contributed by atoms with E-state index in [-0.39, 0.29) is 12.5 Å². The van der Waals surface area contributed by atoms with Crippen molar-refractivity contribution < 1.29 is 14.3 Å². The number of nitrogens with zero attached hydrogens (tertiary/aromatic N) is 1. The zero-order valence-electron chi connectivity index (χ0n) is 10.4. The van der Waals surface area contributed by atoms with E-state index in [0.717, 1.165) is 11.3 Å². The summed E-state index contributed by atoms with van der Waals surface area (Å²) in [6.45, 7) is 0.453. The molecule has 0 atom stereocenters. The zero-order chi connectivity index (χ0) is 12.7. The first kappa shape index (κ1) is 13.5. The van der Waals surface area contributed by atoms with Gasteiger partial charge in [-0.15, -0.1) is 0 Å². The van der Waals surface area contributed by atoms with Gasteiger partial charge in [0.15, 0.2) is 0 Å². The summed E-state index contributed by atoms with van der Waals surface area (Å²) in [5.41, 5.74) is 3.60. The molecule has 1 aromatic rings. The number of ether oxygens (including phenoxy) is 2. The van der Waals surface area contributed by atoms with Crippen molar-refractivity contribution in [2.75, 3.05) is 27.8 Å². The lowest BCUT2D eigenvalue weighted by atomic mass is 10.2. The van der Waals surface area contributed by atoms with Crippen molar-refractivity contribution in [3.8, 4) is 5.75 Å². The van der Waals surface area contributed by atoms with Crippen LogP contribution in [0.2, 0.25) is 0 Å². The lowest BCUT2D eigenvalue weighted by Gasteiger charge is -2.11. The molecule has 1 aromatic carbocycles. The molecule has 0 bridgehead atoms. The largest absolute Gasteiger partial charge is 0.497 e. The number of amides is 1. The van der Waals surface area contributed by atoms with Crippen molar-refractivity contribution >= 4 is 5.91 Å². The second-order valence-electron chi connectivity index (χ2n) is 3.77. The zero-order valence-corrected chi connectivity index (χ0v) is 10.4. The maximum absolute atomic E-state index is 11.2. The molecule has 0 aliphatic rings. The fourth-order valence-electron chi connectivity index (χ4n) is 1.27. The van der Waals surface area contributed by atoms with Gasteiger partial charge in [0.05, 0.1) is 13.7 Å². The maximum atomic E-state index is 11.2. The topological polar surface area (TPSA) is 50.8 Å². The van der Waals surface area contributed by atoms with Crippen molar-refractivity contribution in [1.82, 2.24) is 10.4 Å². The van der Waals surface area contributed by atoms with Crippen molar-refractivity contribution in [3.05, 3.63) is 29.8 Å². The van der Waals surface area contributed by atoms with Crippen LogP contribution in [0.1, 0.15) is 5.56 Å². The van der Waals surface area contributed by atoms with Crippen LogP contribution >= 0.6 is 0 Å². The van der Waals surface area contributed by atoms with E-state index >= 15 is 0 Å². The minimum atomic E-state index is -0.163. The Hall–Kier alpha value is -1.59. The number of rotatable bonds is 6. The number of hydrogen-bond donors (Lipinski definition) is 1. The quantitative estimate of drug-likeness (QED) is 0.745. The van der Waals surface area contributed by atoms with E-state index in [9.17, 15) is 4.79 Å². The van der Waals surface area contributed by atoms with Crippen LogP contribution < -0.4 is 10.2 Å². The molecule has 1 N–H and O–H groups in total. The molecular weight excluding hydrogens is 220 g/mol. The Labute approximate surface area is 101 Å². The normalized spacial score (nSPS) is 10.4. The molecule has 0 spiro atoms. The number of hydrazine groups is 1. The highest BCUT2D eigenvalue weighted by atomic mass is 16.5. The Bertz CT molecular complexity index is 349. The van der Waals surface area contributed by atoms with Crippen LogP contribution in [0, 0.1) is 0 Å². The van der Waals surface area contributed by atoms with E-state index in [1.807, 2.05) is 24.3 Å². The molecule has 0 saturated carbocycles. The van der Waals surface area contributed by atoms with Crippen LogP contribution in [-0.4, -0.2) is 38.7 Å². The molecule has 0 aliphatic heterocycles. The number of methoxy groups -OCH3 is 1. The molecule has 5 heteroatoms. The molecule has 0 fully saturated rings. The summed E-state index contributed by atoms with van der Waals surface area (Å²) >= 11 is 0. The van der Waals surface area contributed by atoms with Crippen molar-refractivity contribution in [2.45, 2.75) is 6.61 Å². The van der Waals surface area contributed by atoms with Gasteiger partial charge in [-0.1, -0.05) is 12.1 Å². The van der Waals surface area contributed by atoms with Crippen molar-refractivity contribution in [3.63, 3.8) is 0 Å². The van der Waals surface area contributed by atoms with Gasteiger partial charge in [-0.3, -0.25) is 10.2 Å². The first-order chi connectivity index (χ1) is 8.11. The van der Waals surface area contributed by atoms with E-state index in [2.05, 4.69) is 5.43 Å². The smallest absolute Gasteiger partial charge is 0.260 e. The molecule has 5 nitrogen and oxygen atoms in total. The Morgan fingerprint density at radius 1 is 1.29 bits per heavy atom. The summed E-state index contributed by atoms with van der Waals surface area (Å²) in [6, 6.07) is 7.53. The highest BCUT2D eigenvalue weighted by Gasteiger charge is 2.02. The molecule has 0 saturated heterocycles.